The molecule has 1 fully saturated rings. The fourth-order valence-corrected chi connectivity index (χ4v) is 3.24. The molecule has 4 N–H and O–H groups in total. The molecule has 6 heteroatoms. The van der Waals surface area contributed by atoms with Gasteiger partial charge in [0.25, 0.3) is 0 Å². The molecule has 0 spiro atoms. The molecule has 0 amide bonds. The third-order valence-electron chi connectivity index (χ3n) is 4.53. The Hall–Kier alpha value is -2.63. The molecule has 1 aromatic carbocycles. The van der Waals surface area contributed by atoms with Gasteiger partial charge in [-0.1, -0.05) is 32.1 Å². The first kappa shape index (κ1) is 16.2. The summed E-state index contributed by atoms with van der Waals surface area (Å²) in [4.78, 5) is 12.0. The van der Waals surface area contributed by atoms with Gasteiger partial charge in [0, 0.05) is 18.6 Å². The zero-order chi connectivity index (χ0) is 17.3. The van der Waals surface area contributed by atoms with Crippen LogP contribution < -0.4 is 5.43 Å². The smallest absolute Gasteiger partial charge is 0.227 e. The van der Waals surface area contributed by atoms with Crippen LogP contribution in [0.15, 0.2) is 27.4 Å². The fraction of sp³-hybridized carbons (Fsp3) is 0.389. The number of hydrogen-bond donors (Lipinski definition) is 4. The second kappa shape index (κ2) is 6.47. The topological polar surface area (TPSA) is 111 Å². The van der Waals surface area contributed by atoms with Crippen LogP contribution in [0.1, 0.15) is 37.9 Å². The van der Waals surface area contributed by atoms with Crippen LogP contribution in [0.5, 0.6) is 23.0 Å². The number of hydrogen-bond acceptors (Lipinski definition) is 6. The predicted octanol–water partition coefficient (Wildman–Crippen LogP) is 3.25. The van der Waals surface area contributed by atoms with Crippen molar-refractivity contribution in [3.05, 3.63) is 34.2 Å². The van der Waals surface area contributed by atoms with Crippen molar-refractivity contribution in [2.45, 2.75) is 38.5 Å². The van der Waals surface area contributed by atoms with Crippen molar-refractivity contribution in [3.8, 4) is 34.3 Å². The maximum absolute atomic E-state index is 12.0. The van der Waals surface area contributed by atoms with E-state index in [1.807, 2.05) is 0 Å². The van der Waals surface area contributed by atoms with Crippen molar-refractivity contribution in [1.82, 2.24) is 0 Å². The molecular formula is C18H20O6. The number of phenols is 3. The van der Waals surface area contributed by atoms with Crippen LogP contribution in [-0.4, -0.2) is 20.4 Å². The molecule has 0 radical (unpaired) electrons. The molecule has 0 unspecified atom stereocenters. The SMILES string of the molecule is O=c1cc(CC2CCCCC2)oc(-c2cc(O)c(O)cc2O)c1O. The average Bonchev–Trinajstić information content (AvgIpc) is 2.55. The summed E-state index contributed by atoms with van der Waals surface area (Å²) >= 11 is 0. The van der Waals surface area contributed by atoms with Crippen LogP contribution in [0.2, 0.25) is 0 Å². The van der Waals surface area contributed by atoms with Crippen LogP contribution in [0.4, 0.5) is 0 Å². The van der Waals surface area contributed by atoms with Crippen molar-refractivity contribution >= 4 is 0 Å². The highest BCUT2D eigenvalue weighted by molar-refractivity contribution is 5.73. The molecule has 1 aliphatic rings. The Morgan fingerprint density at radius 1 is 0.917 bits per heavy atom. The first-order valence-electron chi connectivity index (χ1n) is 8.07. The fourth-order valence-electron chi connectivity index (χ4n) is 3.24. The lowest BCUT2D eigenvalue weighted by molar-refractivity contribution is 0.328. The predicted molar refractivity (Wildman–Crippen MR) is 87.4 cm³/mol. The molecule has 0 atom stereocenters. The van der Waals surface area contributed by atoms with Crippen molar-refractivity contribution in [3.63, 3.8) is 0 Å². The zero-order valence-electron chi connectivity index (χ0n) is 13.2. The molecule has 1 aliphatic carbocycles. The molecule has 128 valence electrons. The van der Waals surface area contributed by atoms with E-state index >= 15 is 0 Å². The molecule has 1 aromatic heterocycles. The lowest BCUT2D eigenvalue weighted by atomic mass is 9.86. The first-order valence-corrected chi connectivity index (χ1v) is 8.07. The van der Waals surface area contributed by atoms with E-state index in [1.165, 1.54) is 12.5 Å². The quantitative estimate of drug-likeness (QED) is 0.507. The van der Waals surface area contributed by atoms with Gasteiger partial charge in [-0.05, 0) is 12.0 Å². The van der Waals surface area contributed by atoms with Crippen molar-refractivity contribution < 1.29 is 24.8 Å². The summed E-state index contributed by atoms with van der Waals surface area (Å²) in [7, 11) is 0. The molecule has 0 aliphatic heterocycles. The molecule has 1 heterocycles. The summed E-state index contributed by atoms with van der Waals surface area (Å²) in [5.74, 6) is -1.37. The van der Waals surface area contributed by atoms with Gasteiger partial charge in [-0.2, -0.15) is 0 Å². The van der Waals surface area contributed by atoms with Gasteiger partial charge < -0.3 is 24.8 Å². The molecule has 6 nitrogen and oxygen atoms in total. The first-order chi connectivity index (χ1) is 11.5. The maximum atomic E-state index is 12.0. The molecule has 24 heavy (non-hydrogen) atoms. The van der Waals surface area contributed by atoms with Crippen LogP contribution >= 0.6 is 0 Å². The lowest BCUT2D eigenvalue weighted by Gasteiger charge is -2.21. The summed E-state index contributed by atoms with van der Waals surface area (Å²) in [6, 6.07) is 3.25. The second-order valence-electron chi connectivity index (χ2n) is 6.32. The zero-order valence-corrected chi connectivity index (χ0v) is 13.2. The van der Waals surface area contributed by atoms with Crippen LogP contribution in [-0.2, 0) is 6.42 Å². The van der Waals surface area contributed by atoms with Gasteiger partial charge in [0.05, 0.1) is 5.56 Å². The van der Waals surface area contributed by atoms with Gasteiger partial charge in [0.1, 0.15) is 11.5 Å². The minimum absolute atomic E-state index is 0.0506. The van der Waals surface area contributed by atoms with Crippen molar-refractivity contribution in [2.24, 2.45) is 5.92 Å². The Balaban J connectivity index is 2.01. The minimum Gasteiger partial charge on any atom is -0.507 e. The third kappa shape index (κ3) is 3.18. The van der Waals surface area contributed by atoms with Gasteiger partial charge in [-0.3, -0.25) is 4.79 Å². The lowest BCUT2D eigenvalue weighted by Crippen LogP contribution is -2.11. The Morgan fingerprint density at radius 3 is 2.29 bits per heavy atom. The molecule has 0 saturated heterocycles. The van der Waals surface area contributed by atoms with Crippen molar-refractivity contribution in [2.75, 3.05) is 0 Å². The van der Waals surface area contributed by atoms with Crippen LogP contribution in [0.3, 0.4) is 0 Å². The number of rotatable bonds is 3. The van der Waals surface area contributed by atoms with Gasteiger partial charge in [0.2, 0.25) is 11.2 Å². The highest BCUT2D eigenvalue weighted by Crippen LogP contribution is 2.41. The van der Waals surface area contributed by atoms with Crippen molar-refractivity contribution in [1.29, 1.82) is 0 Å². The number of phenolic OH excluding ortho intramolecular Hbond substituents is 3. The molecule has 3 rings (SSSR count). The van der Waals surface area contributed by atoms with E-state index in [1.54, 1.807) is 0 Å². The highest BCUT2D eigenvalue weighted by Gasteiger charge is 2.21. The van der Waals surface area contributed by atoms with E-state index < -0.39 is 28.4 Å². The number of benzene rings is 1. The summed E-state index contributed by atoms with van der Waals surface area (Å²) in [5.41, 5.74) is -0.653. The molecule has 0 bridgehead atoms. The normalized spacial score (nSPS) is 15.5. The largest absolute Gasteiger partial charge is 0.507 e. The van der Waals surface area contributed by atoms with Gasteiger partial charge in [0.15, 0.2) is 17.3 Å². The van der Waals surface area contributed by atoms with Crippen LogP contribution in [0, 0.1) is 5.92 Å². The van der Waals surface area contributed by atoms with Crippen LogP contribution in [0.25, 0.3) is 11.3 Å². The Labute approximate surface area is 138 Å². The van der Waals surface area contributed by atoms with E-state index in [9.17, 15) is 25.2 Å². The van der Waals surface area contributed by atoms with Gasteiger partial charge in [-0.15, -0.1) is 0 Å². The van der Waals surface area contributed by atoms with E-state index in [2.05, 4.69) is 0 Å². The Kier molecular flexibility index (Phi) is 4.38. The average molecular weight is 332 g/mol. The standard InChI is InChI=1S/C18H20O6/c19-13-9-15(21)14(20)8-12(13)18-17(23)16(22)7-11(24-18)6-10-4-2-1-3-5-10/h7-10,19-21,23H,1-6H2. The number of aromatic hydroxyl groups is 4. The van der Waals surface area contributed by atoms with E-state index in [4.69, 9.17) is 4.42 Å². The van der Waals surface area contributed by atoms with Gasteiger partial charge >= 0.3 is 0 Å². The monoisotopic (exact) mass is 332 g/mol. The third-order valence-corrected chi connectivity index (χ3v) is 4.53. The van der Waals surface area contributed by atoms with Gasteiger partial charge in [-0.25, -0.2) is 0 Å². The minimum atomic E-state index is -0.636. The summed E-state index contributed by atoms with van der Waals surface area (Å²) in [5, 5.41) is 39.0. The molecule has 2 aromatic rings. The maximum Gasteiger partial charge on any atom is 0.227 e. The molecule has 1 saturated carbocycles. The summed E-state index contributed by atoms with van der Waals surface area (Å²) in [6.07, 6.45) is 6.28. The second-order valence-corrected chi connectivity index (χ2v) is 6.32. The molecular weight excluding hydrogens is 312 g/mol. The van der Waals surface area contributed by atoms with E-state index in [-0.39, 0.29) is 11.3 Å². The highest BCUT2D eigenvalue weighted by atomic mass is 16.4. The van der Waals surface area contributed by atoms with E-state index in [0.29, 0.717) is 18.1 Å². The Bertz CT molecular complexity index is 802. The summed E-state index contributed by atoms with van der Waals surface area (Å²) < 4.78 is 5.65. The van der Waals surface area contributed by atoms with E-state index in [0.717, 1.165) is 37.8 Å². The Morgan fingerprint density at radius 2 is 1.58 bits per heavy atom. The summed E-state index contributed by atoms with van der Waals surface area (Å²) in [6.45, 7) is 0.